The second kappa shape index (κ2) is 7.29. The van der Waals surface area contributed by atoms with Crippen LogP contribution in [0.5, 0.6) is 0 Å². The van der Waals surface area contributed by atoms with Crippen LogP contribution in [0.1, 0.15) is 36.1 Å². The first-order valence-corrected chi connectivity index (χ1v) is 8.58. The highest BCUT2D eigenvalue weighted by Gasteiger charge is 2.16. The maximum atomic E-state index is 12.4. The van der Waals surface area contributed by atoms with E-state index >= 15 is 0 Å². The lowest BCUT2D eigenvalue weighted by molar-refractivity contribution is 0.0934. The summed E-state index contributed by atoms with van der Waals surface area (Å²) in [5.74, 6) is -0.252. The Morgan fingerprint density at radius 2 is 2.08 bits per heavy atom. The van der Waals surface area contributed by atoms with Crippen LogP contribution in [0.4, 0.5) is 0 Å². The molecular weight excluding hydrogens is 361 g/mol. The van der Waals surface area contributed by atoms with E-state index in [4.69, 9.17) is 23.2 Å². The van der Waals surface area contributed by atoms with E-state index in [1.54, 1.807) is 24.3 Å². The number of nitrogens with one attached hydrogen (secondary N) is 2. The molecule has 0 aliphatic carbocycles. The fourth-order valence-electron chi connectivity index (χ4n) is 2.37. The standard InChI is InChI=1S/C17H17Cl2N5O/c1-3-24-7-6-14(23-24)10(2)20-17(25)16-9-15(21-22-16)11-4-5-12(18)13(19)8-11/h4-10H,3H2,1-2H3,(H,20,25)(H,21,22). The van der Waals surface area contributed by atoms with Gasteiger partial charge in [-0.05, 0) is 38.1 Å². The summed E-state index contributed by atoms with van der Waals surface area (Å²) in [5, 5.41) is 15.1. The van der Waals surface area contributed by atoms with E-state index in [0.29, 0.717) is 21.4 Å². The van der Waals surface area contributed by atoms with Crippen molar-refractivity contribution in [3.63, 3.8) is 0 Å². The van der Waals surface area contributed by atoms with E-state index in [0.717, 1.165) is 17.8 Å². The molecule has 130 valence electrons. The number of benzene rings is 1. The van der Waals surface area contributed by atoms with Crippen molar-refractivity contribution in [2.75, 3.05) is 0 Å². The molecule has 0 aliphatic heterocycles. The van der Waals surface area contributed by atoms with E-state index in [2.05, 4.69) is 20.6 Å². The second-order valence-corrected chi connectivity index (χ2v) is 6.40. The molecule has 3 aromatic rings. The molecule has 2 heterocycles. The normalized spacial score (nSPS) is 12.2. The van der Waals surface area contributed by atoms with Crippen LogP contribution in [-0.2, 0) is 6.54 Å². The third-order valence-corrected chi connectivity index (χ3v) is 4.55. The van der Waals surface area contributed by atoms with Crippen LogP contribution in [0.3, 0.4) is 0 Å². The number of amides is 1. The van der Waals surface area contributed by atoms with Gasteiger partial charge < -0.3 is 5.32 Å². The van der Waals surface area contributed by atoms with Gasteiger partial charge in [0.2, 0.25) is 0 Å². The molecule has 0 saturated heterocycles. The van der Waals surface area contributed by atoms with Gasteiger partial charge in [0.25, 0.3) is 5.91 Å². The van der Waals surface area contributed by atoms with Crippen LogP contribution in [-0.4, -0.2) is 25.9 Å². The van der Waals surface area contributed by atoms with Gasteiger partial charge >= 0.3 is 0 Å². The summed E-state index contributed by atoms with van der Waals surface area (Å²) in [6.07, 6.45) is 1.89. The number of hydrogen-bond donors (Lipinski definition) is 2. The van der Waals surface area contributed by atoms with Gasteiger partial charge in [0.1, 0.15) is 5.69 Å². The summed E-state index contributed by atoms with van der Waals surface area (Å²) in [5.41, 5.74) is 2.56. The van der Waals surface area contributed by atoms with Crippen LogP contribution >= 0.6 is 23.2 Å². The Morgan fingerprint density at radius 3 is 2.76 bits per heavy atom. The zero-order valence-corrected chi connectivity index (χ0v) is 15.3. The van der Waals surface area contributed by atoms with Crippen molar-refractivity contribution in [1.29, 1.82) is 0 Å². The van der Waals surface area contributed by atoms with E-state index in [-0.39, 0.29) is 11.9 Å². The van der Waals surface area contributed by atoms with Crippen molar-refractivity contribution in [2.24, 2.45) is 0 Å². The van der Waals surface area contributed by atoms with Crippen molar-refractivity contribution in [1.82, 2.24) is 25.3 Å². The monoisotopic (exact) mass is 377 g/mol. The van der Waals surface area contributed by atoms with E-state index in [1.807, 2.05) is 30.8 Å². The maximum absolute atomic E-state index is 12.4. The number of aromatic nitrogens is 4. The van der Waals surface area contributed by atoms with Gasteiger partial charge in [0, 0.05) is 18.3 Å². The quantitative estimate of drug-likeness (QED) is 0.702. The molecule has 0 spiro atoms. The summed E-state index contributed by atoms with van der Waals surface area (Å²) in [7, 11) is 0. The Balaban J connectivity index is 1.72. The van der Waals surface area contributed by atoms with Crippen LogP contribution < -0.4 is 5.32 Å². The summed E-state index contributed by atoms with van der Waals surface area (Å²) in [4.78, 5) is 12.4. The molecule has 0 aliphatic rings. The minimum absolute atomic E-state index is 0.211. The fourth-order valence-corrected chi connectivity index (χ4v) is 2.67. The molecule has 6 nitrogen and oxygen atoms in total. The molecule has 0 radical (unpaired) electrons. The second-order valence-electron chi connectivity index (χ2n) is 5.59. The highest BCUT2D eigenvalue weighted by Crippen LogP contribution is 2.27. The maximum Gasteiger partial charge on any atom is 0.269 e. The van der Waals surface area contributed by atoms with Crippen molar-refractivity contribution < 1.29 is 4.79 Å². The predicted molar refractivity (Wildman–Crippen MR) is 97.8 cm³/mol. The zero-order valence-electron chi connectivity index (χ0n) is 13.8. The average molecular weight is 378 g/mol. The molecular formula is C17H17Cl2N5O. The highest BCUT2D eigenvalue weighted by molar-refractivity contribution is 6.42. The first kappa shape index (κ1) is 17.5. The third kappa shape index (κ3) is 3.86. The van der Waals surface area contributed by atoms with Crippen LogP contribution in [0.2, 0.25) is 10.0 Å². The summed E-state index contributed by atoms with van der Waals surface area (Å²) in [6, 6.07) is 8.56. The number of carbonyl (C=O) groups is 1. The summed E-state index contributed by atoms with van der Waals surface area (Å²) < 4.78 is 1.82. The van der Waals surface area contributed by atoms with Gasteiger partial charge in [-0.3, -0.25) is 14.6 Å². The number of rotatable bonds is 5. The molecule has 25 heavy (non-hydrogen) atoms. The first-order valence-electron chi connectivity index (χ1n) is 7.83. The topological polar surface area (TPSA) is 75.6 Å². The molecule has 2 aromatic heterocycles. The molecule has 0 saturated carbocycles. The molecule has 1 atom stereocenters. The number of H-pyrrole nitrogens is 1. The van der Waals surface area contributed by atoms with Gasteiger partial charge in [0.15, 0.2) is 0 Å². The number of halogens is 2. The Bertz CT molecular complexity index is 902. The number of nitrogens with zero attached hydrogens (tertiary/aromatic N) is 3. The molecule has 2 N–H and O–H groups in total. The van der Waals surface area contributed by atoms with Crippen LogP contribution in [0, 0.1) is 0 Å². The van der Waals surface area contributed by atoms with E-state index in [9.17, 15) is 4.79 Å². The fraction of sp³-hybridized carbons (Fsp3) is 0.235. The lowest BCUT2D eigenvalue weighted by Crippen LogP contribution is -2.27. The van der Waals surface area contributed by atoms with Gasteiger partial charge in [-0.25, -0.2) is 0 Å². The molecule has 3 rings (SSSR count). The molecule has 1 aromatic carbocycles. The number of hydrogen-bond acceptors (Lipinski definition) is 3. The van der Waals surface area contributed by atoms with Gasteiger partial charge in [-0.15, -0.1) is 0 Å². The Hall–Kier alpha value is -2.31. The van der Waals surface area contributed by atoms with Gasteiger partial charge in [-0.2, -0.15) is 10.2 Å². The van der Waals surface area contributed by atoms with Crippen molar-refractivity contribution in [2.45, 2.75) is 26.4 Å². The lowest BCUT2D eigenvalue weighted by atomic mass is 10.1. The lowest BCUT2D eigenvalue weighted by Gasteiger charge is -2.10. The van der Waals surface area contributed by atoms with Gasteiger partial charge in [-0.1, -0.05) is 29.3 Å². The molecule has 0 bridgehead atoms. The third-order valence-electron chi connectivity index (χ3n) is 3.81. The smallest absolute Gasteiger partial charge is 0.269 e. The van der Waals surface area contributed by atoms with Gasteiger partial charge in [0.05, 0.1) is 27.5 Å². The van der Waals surface area contributed by atoms with Crippen LogP contribution in [0.25, 0.3) is 11.3 Å². The SMILES string of the molecule is CCn1ccc(C(C)NC(=O)c2cc(-c3ccc(Cl)c(Cl)c3)n[nH]2)n1. The highest BCUT2D eigenvalue weighted by atomic mass is 35.5. The first-order chi connectivity index (χ1) is 12.0. The minimum atomic E-state index is -0.252. The molecule has 1 unspecified atom stereocenters. The zero-order chi connectivity index (χ0) is 18.0. The van der Waals surface area contributed by atoms with Crippen molar-refractivity contribution in [3.8, 4) is 11.3 Å². The Morgan fingerprint density at radius 1 is 1.28 bits per heavy atom. The molecule has 0 fully saturated rings. The Labute approximate surface area is 155 Å². The summed E-state index contributed by atoms with van der Waals surface area (Å²) >= 11 is 11.9. The Kier molecular flexibility index (Phi) is 5.11. The average Bonchev–Trinajstić information content (AvgIpc) is 3.26. The van der Waals surface area contributed by atoms with Crippen molar-refractivity contribution in [3.05, 3.63) is 58.0 Å². The number of carbonyl (C=O) groups excluding carboxylic acids is 1. The largest absolute Gasteiger partial charge is 0.343 e. The number of aryl methyl sites for hydroxylation is 1. The van der Waals surface area contributed by atoms with Crippen molar-refractivity contribution >= 4 is 29.1 Å². The molecule has 1 amide bonds. The number of aromatic amines is 1. The minimum Gasteiger partial charge on any atom is -0.343 e. The summed E-state index contributed by atoms with van der Waals surface area (Å²) in [6.45, 7) is 4.68. The van der Waals surface area contributed by atoms with E-state index in [1.165, 1.54) is 0 Å². The molecule has 8 heteroatoms. The van der Waals surface area contributed by atoms with E-state index < -0.39 is 0 Å². The predicted octanol–water partition coefficient (Wildman–Crippen LogP) is 4.09. The van der Waals surface area contributed by atoms with Crippen LogP contribution in [0.15, 0.2) is 36.5 Å².